The van der Waals surface area contributed by atoms with Crippen LogP contribution < -0.4 is 11.1 Å². The summed E-state index contributed by atoms with van der Waals surface area (Å²) in [6, 6.07) is 6.91. The van der Waals surface area contributed by atoms with E-state index in [0.29, 0.717) is 11.3 Å². The third kappa shape index (κ3) is 3.12. The van der Waals surface area contributed by atoms with Gasteiger partial charge < -0.3 is 11.1 Å². The van der Waals surface area contributed by atoms with Crippen molar-refractivity contribution in [1.29, 1.82) is 0 Å². The molecule has 100 valence electrons. The SMILES string of the molecule is Cc1nc(C)c(C(C)NC(=O)c2cccc(N)c2)s1. The highest BCUT2D eigenvalue weighted by molar-refractivity contribution is 7.11. The van der Waals surface area contributed by atoms with Crippen LogP contribution in [0.5, 0.6) is 0 Å². The van der Waals surface area contributed by atoms with Crippen LogP contribution in [0.1, 0.15) is 38.9 Å². The summed E-state index contributed by atoms with van der Waals surface area (Å²) in [4.78, 5) is 17.6. The van der Waals surface area contributed by atoms with Gasteiger partial charge in [0.2, 0.25) is 0 Å². The van der Waals surface area contributed by atoms with Crippen molar-refractivity contribution in [2.75, 3.05) is 5.73 Å². The number of benzene rings is 1. The number of nitrogens with two attached hydrogens (primary N) is 1. The van der Waals surface area contributed by atoms with Gasteiger partial charge in [-0.25, -0.2) is 4.98 Å². The van der Waals surface area contributed by atoms with Gasteiger partial charge in [0.1, 0.15) is 0 Å². The normalized spacial score (nSPS) is 12.2. The number of nitrogens with zero attached hydrogens (tertiary/aromatic N) is 1. The third-order valence-corrected chi connectivity index (χ3v) is 4.08. The Morgan fingerprint density at radius 3 is 2.74 bits per heavy atom. The van der Waals surface area contributed by atoms with Crippen molar-refractivity contribution in [2.45, 2.75) is 26.8 Å². The number of hydrogen-bond acceptors (Lipinski definition) is 4. The molecule has 0 fully saturated rings. The van der Waals surface area contributed by atoms with E-state index in [0.717, 1.165) is 15.6 Å². The Balaban J connectivity index is 2.13. The largest absolute Gasteiger partial charge is 0.399 e. The molecule has 3 N–H and O–H groups in total. The van der Waals surface area contributed by atoms with Gasteiger partial charge >= 0.3 is 0 Å². The lowest BCUT2D eigenvalue weighted by Gasteiger charge is -2.13. The fourth-order valence-corrected chi connectivity index (χ4v) is 2.90. The van der Waals surface area contributed by atoms with Crippen LogP contribution in [-0.4, -0.2) is 10.9 Å². The molecular weight excluding hydrogens is 258 g/mol. The number of nitrogens with one attached hydrogen (secondary N) is 1. The zero-order valence-electron chi connectivity index (χ0n) is 11.2. The molecule has 4 nitrogen and oxygen atoms in total. The molecule has 0 aliphatic carbocycles. The lowest BCUT2D eigenvalue weighted by molar-refractivity contribution is 0.0940. The van der Waals surface area contributed by atoms with Gasteiger partial charge in [-0.2, -0.15) is 0 Å². The Morgan fingerprint density at radius 1 is 1.42 bits per heavy atom. The fraction of sp³-hybridized carbons (Fsp3) is 0.286. The van der Waals surface area contributed by atoms with Crippen LogP contribution in [0.4, 0.5) is 5.69 Å². The second-order valence-corrected chi connectivity index (χ2v) is 5.74. The van der Waals surface area contributed by atoms with E-state index in [2.05, 4.69) is 10.3 Å². The number of hydrogen-bond donors (Lipinski definition) is 2. The molecule has 1 heterocycles. The Morgan fingerprint density at radius 2 is 2.16 bits per heavy atom. The molecule has 19 heavy (non-hydrogen) atoms. The van der Waals surface area contributed by atoms with Gasteiger partial charge in [-0.05, 0) is 39.0 Å². The zero-order valence-corrected chi connectivity index (χ0v) is 12.0. The van der Waals surface area contributed by atoms with Crippen molar-refractivity contribution in [2.24, 2.45) is 0 Å². The number of amides is 1. The number of thiazole rings is 1. The second kappa shape index (κ2) is 5.40. The minimum absolute atomic E-state index is 0.0554. The van der Waals surface area contributed by atoms with Crippen LogP contribution in [-0.2, 0) is 0 Å². The number of carbonyl (C=O) groups is 1. The third-order valence-electron chi connectivity index (χ3n) is 2.83. The highest BCUT2D eigenvalue weighted by atomic mass is 32.1. The molecule has 0 bridgehead atoms. The minimum atomic E-state index is -0.120. The van der Waals surface area contributed by atoms with E-state index in [1.807, 2.05) is 20.8 Å². The van der Waals surface area contributed by atoms with Crippen LogP contribution >= 0.6 is 11.3 Å². The van der Waals surface area contributed by atoms with Gasteiger partial charge in [0, 0.05) is 16.1 Å². The predicted molar refractivity (Wildman–Crippen MR) is 78.3 cm³/mol. The van der Waals surface area contributed by atoms with Crippen molar-refractivity contribution < 1.29 is 4.79 Å². The number of anilines is 1. The first-order valence-corrected chi connectivity index (χ1v) is 6.89. The van der Waals surface area contributed by atoms with Gasteiger partial charge in [0.05, 0.1) is 16.7 Å². The number of aromatic nitrogens is 1. The monoisotopic (exact) mass is 275 g/mol. The van der Waals surface area contributed by atoms with E-state index in [1.54, 1.807) is 35.6 Å². The molecule has 1 amide bonds. The number of carbonyl (C=O) groups excluding carboxylic acids is 1. The zero-order chi connectivity index (χ0) is 14.0. The summed E-state index contributed by atoms with van der Waals surface area (Å²) >= 11 is 1.61. The molecule has 0 saturated heterocycles. The van der Waals surface area contributed by atoms with Gasteiger partial charge in [0.25, 0.3) is 5.91 Å². The molecule has 1 aromatic carbocycles. The van der Waals surface area contributed by atoms with Crippen LogP contribution in [0.2, 0.25) is 0 Å². The summed E-state index contributed by atoms with van der Waals surface area (Å²) in [6.45, 7) is 5.89. The van der Waals surface area contributed by atoms with Crippen LogP contribution in [0, 0.1) is 13.8 Å². The molecule has 2 aromatic rings. The first-order chi connectivity index (χ1) is 8.97. The molecule has 5 heteroatoms. The maximum atomic E-state index is 12.1. The summed E-state index contributed by atoms with van der Waals surface area (Å²) in [6.07, 6.45) is 0. The summed E-state index contributed by atoms with van der Waals surface area (Å²) in [5.74, 6) is -0.120. The smallest absolute Gasteiger partial charge is 0.251 e. The van der Waals surface area contributed by atoms with Gasteiger partial charge in [-0.3, -0.25) is 4.79 Å². The van der Waals surface area contributed by atoms with Crippen LogP contribution in [0.15, 0.2) is 24.3 Å². The van der Waals surface area contributed by atoms with Crippen molar-refractivity contribution in [3.05, 3.63) is 45.4 Å². The second-order valence-electron chi connectivity index (χ2n) is 4.50. The van der Waals surface area contributed by atoms with Crippen molar-refractivity contribution in [3.8, 4) is 0 Å². The standard InChI is InChI=1S/C14H17N3OS/c1-8-13(19-10(3)16-8)9(2)17-14(18)11-5-4-6-12(15)7-11/h4-7,9H,15H2,1-3H3,(H,17,18). The maximum absolute atomic E-state index is 12.1. The lowest BCUT2D eigenvalue weighted by atomic mass is 10.1. The molecule has 0 radical (unpaired) electrons. The molecule has 0 aliphatic rings. The van der Waals surface area contributed by atoms with Crippen molar-refractivity contribution in [1.82, 2.24) is 10.3 Å². The molecule has 0 aliphatic heterocycles. The summed E-state index contributed by atoms with van der Waals surface area (Å²) in [5.41, 5.74) is 7.82. The first kappa shape index (κ1) is 13.5. The number of rotatable bonds is 3. The quantitative estimate of drug-likeness (QED) is 0.846. The van der Waals surface area contributed by atoms with Gasteiger partial charge in [-0.15, -0.1) is 11.3 Å². The fourth-order valence-electron chi connectivity index (χ4n) is 1.97. The van der Waals surface area contributed by atoms with Crippen LogP contribution in [0.25, 0.3) is 0 Å². The van der Waals surface area contributed by atoms with E-state index in [1.165, 1.54) is 0 Å². The Labute approximate surface area is 116 Å². The van der Waals surface area contributed by atoms with E-state index >= 15 is 0 Å². The Kier molecular flexibility index (Phi) is 3.85. The average molecular weight is 275 g/mol. The van der Waals surface area contributed by atoms with Crippen molar-refractivity contribution in [3.63, 3.8) is 0 Å². The van der Waals surface area contributed by atoms with Gasteiger partial charge in [-0.1, -0.05) is 6.07 Å². The molecular formula is C14H17N3OS. The average Bonchev–Trinajstić information content (AvgIpc) is 2.68. The first-order valence-electron chi connectivity index (χ1n) is 6.07. The molecule has 0 spiro atoms. The Bertz CT molecular complexity index is 606. The minimum Gasteiger partial charge on any atom is -0.399 e. The van der Waals surface area contributed by atoms with E-state index in [-0.39, 0.29) is 11.9 Å². The predicted octanol–water partition coefficient (Wildman–Crippen LogP) is 2.83. The highest BCUT2D eigenvalue weighted by Crippen LogP contribution is 2.24. The summed E-state index contributed by atoms with van der Waals surface area (Å²) in [5, 5.41) is 3.98. The van der Waals surface area contributed by atoms with E-state index in [4.69, 9.17) is 5.73 Å². The molecule has 1 atom stereocenters. The topological polar surface area (TPSA) is 68.0 Å². The highest BCUT2D eigenvalue weighted by Gasteiger charge is 2.16. The summed E-state index contributed by atoms with van der Waals surface area (Å²) in [7, 11) is 0. The summed E-state index contributed by atoms with van der Waals surface area (Å²) < 4.78 is 0. The molecule has 0 saturated carbocycles. The molecule has 1 aromatic heterocycles. The lowest BCUT2D eigenvalue weighted by Crippen LogP contribution is -2.26. The molecule has 2 rings (SSSR count). The number of aryl methyl sites for hydroxylation is 2. The maximum Gasteiger partial charge on any atom is 0.251 e. The Hall–Kier alpha value is -1.88. The van der Waals surface area contributed by atoms with E-state index < -0.39 is 0 Å². The van der Waals surface area contributed by atoms with E-state index in [9.17, 15) is 4.79 Å². The van der Waals surface area contributed by atoms with Crippen molar-refractivity contribution >= 4 is 22.9 Å². The molecule has 1 unspecified atom stereocenters. The number of nitrogen functional groups attached to an aromatic ring is 1. The van der Waals surface area contributed by atoms with Gasteiger partial charge in [0.15, 0.2) is 0 Å². The van der Waals surface area contributed by atoms with Crippen LogP contribution in [0.3, 0.4) is 0 Å².